The maximum Gasteiger partial charge on any atom is 0.339 e. The third kappa shape index (κ3) is 6.70. The molecule has 14 heteroatoms. The number of methoxy groups -OCH3 is 1. The molecule has 2 heterocycles. The number of carbonyl (C=O) groups excluding carboxylic acids is 1. The van der Waals surface area contributed by atoms with E-state index in [1.807, 2.05) is 30.3 Å². The zero-order valence-corrected chi connectivity index (χ0v) is 28.6. The molecule has 1 aromatic heterocycles. The molecular weight excluding hydrogens is 683 g/mol. The van der Waals surface area contributed by atoms with Crippen molar-refractivity contribution in [3.8, 4) is 11.5 Å². The highest BCUT2D eigenvalue weighted by Crippen LogP contribution is 2.36. The standard InChI is InChI=1S/C36H29N3O9S2/c1-4-47-35(41)31-32(24-9-6-5-7-10-24)37-36-38(33(31)25-11-8-12-27(20-25)46-3)34(40)30(49-36)19-23-14-16-26(17-15-23)48-50(44,45)28-18-13-22(2)29(21-28)39(42)43/h5-21,33H,4H2,1-3H3/b30-19-/t33-/m0/s1. The van der Waals surface area contributed by atoms with E-state index in [0.717, 1.165) is 17.4 Å². The Balaban J connectivity index is 1.43. The Morgan fingerprint density at radius 3 is 2.42 bits per heavy atom. The van der Waals surface area contributed by atoms with Crippen molar-refractivity contribution in [1.29, 1.82) is 0 Å². The molecule has 0 N–H and O–H groups in total. The summed E-state index contributed by atoms with van der Waals surface area (Å²) in [5.41, 5.74) is 1.99. The van der Waals surface area contributed by atoms with Crippen LogP contribution >= 0.6 is 11.3 Å². The van der Waals surface area contributed by atoms with Gasteiger partial charge in [-0.2, -0.15) is 8.42 Å². The second-order valence-corrected chi connectivity index (χ2v) is 13.6. The fraction of sp³-hybridized carbons (Fsp3) is 0.139. The molecule has 0 fully saturated rings. The summed E-state index contributed by atoms with van der Waals surface area (Å²) < 4.78 is 43.8. The summed E-state index contributed by atoms with van der Waals surface area (Å²) >= 11 is 1.14. The van der Waals surface area contributed by atoms with Gasteiger partial charge < -0.3 is 13.7 Å². The number of fused-ring (bicyclic) bond motifs is 1. The molecule has 0 aliphatic carbocycles. The summed E-state index contributed by atoms with van der Waals surface area (Å²) in [5.74, 6) is -0.101. The highest BCUT2D eigenvalue weighted by molar-refractivity contribution is 7.87. The van der Waals surface area contributed by atoms with Gasteiger partial charge in [-0.3, -0.25) is 19.5 Å². The van der Waals surface area contributed by atoms with Gasteiger partial charge in [0.2, 0.25) is 0 Å². The second-order valence-electron chi connectivity index (χ2n) is 11.0. The van der Waals surface area contributed by atoms with Gasteiger partial charge in [0, 0.05) is 17.2 Å². The first kappa shape index (κ1) is 34.0. The smallest absolute Gasteiger partial charge is 0.339 e. The van der Waals surface area contributed by atoms with E-state index in [9.17, 15) is 28.1 Å². The van der Waals surface area contributed by atoms with Gasteiger partial charge in [-0.05, 0) is 61.4 Å². The predicted molar refractivity (Wildman–Crippen MR) is 186 cm³/mol. The monoisotopic (exact) mass is 711 g/mol. The molecule has 1 aliphatic heterocycles. The van der Waals surface area contributed by atoms with E-state index in [1.54, 1.807) is 49.4 Å². The van der Waals surface area contributed by atoms with Crippen LogP contribution in [0.4, 0.5) is 5.69 Å². The molecule has 254 valence electrons. The largest absolute Gasteiger partial charge is 0.497 e. The topological polar surface area (TPSA) is 156 Å². The molecule has 4 aromatic carbocycles. The lowest BCUT2D eigenvalue weighted by Crippen LogP contribution is -2.40. The Labute approximate surface area is 290 Å². The fourth-order valence-corrected chi connectivity index (χ4v) is 7.41. The highest BCUT2D eigenvalue weighted by Gasteiger charge is 2.35. The third-order valence-electron chi connectivity index (χ3n) is 7.83. The minimum Gasteiger partial charge on any atom is -0.497 e. The van der Waals surface area contributed by atoms with Crippen LogP contribution in [0.2, 0.25) is 0 Å². The summed E-state index contributed by atoms with van der Waals surface area (Å²) in [7, 11) is -2.85. The molecule has 6 rings (SSSR count). The molecule has 5 aromatic rings. The van der Waals surface area contributed by atoms with Crippen LogP contribution < -0.4 is 23.8 Å². The zero-order chi connectivity index (χ0) is 35.6. The Bertz CT molecular complexity index is 2450. The average Bonchev–Trinajstić information content (AvgIpc) is 3.42. The molecule has 0 spiro atoms. The minimum atomic E-state index is -4.38. The van der Waals surface area contributed by atoms with Crippen LogP contribution in [0.25, 0.3) is 11.8 Å². The van der Waals surface area contributed by atoms with Crippen molar-refractivity contribution in [2.24, 2.45) is 4.99 Å². The molecule has 0 saturated heterocycles. The number of nitrogens with zero attached hydrogens (tertiary/aromatic N) is 3. The first-order valence-corrected chi connectivity index (χ1v) is 17.4. The van der Waals surface area contributed by atoms with Gasteiger partial charge in [0.1, 0.15) is 16.4 Å². The quantitative estimate of drug-likeness (QED) is 0.0849. The van der Waals surface area contributed by atoms with Gasteiger partial charge in [-0.15, -0.1) is 0 Å². The first-order chi connectivity index (χ1) is 24.0. The van der Waals surface area contributed by atoms with E-state index in [2.05, 4.69) is 0 Å². The van der Waals surface area contributed by atoms with Gasteiger partial charge in [-0.1, -0.05) is 72.0 Å². The summed E-state index contributed by atoms with van der Waals surface area (Å²) in [5, 5.41) is 11.3. The van der Waals surface area contributed by atoms with Crippen LogP contribution in [0.15, 0.2) is 117 Å². The number of benzene rings is 4. The number of thiazole rings is 1. The molecule has 1 atom stereocenters. The predicted octanol–water partition coefficient (Wildman–Crippen LogP) is 4.93. The number of rotatable bonds is 10. The van der Waals surface area contributed by atoms with E-state index < -0.39 is 32.6 Å². The number of hydrogen-bond acceptors (Lipinski definition) is 11. The lowest BCUT2D eigenvalue weighted by Gasteiger charge is -2.26. The van der Waals surface area contributed by atoms with Crippen molar-refractivity contribution < 1.29 is 31.8 Å². The number of aryl methyl sites for hydroxylation is 1. The summed E-state index contributed by atoms with van der Waals surface area (Å²) in [6.45, 7) is 3.33. The molecule has 0 saturated carbocycles. The van der Waals surface area contributed by atoms with E-state index >= 15 is 0 Å². The van der Waals surface area contributed by atoms with E-state index in [4.69, 9.17) is 18.6 Å². The maximum atomic E-state index is 14.2. The number of ether oxygens (including phenoxy) is 2. The fourth-order valence-electron chi connectivity index (χ4n) is 5.45. The van der Waals surface area contributed by atoms with Crippen LogP contribution in [-0.4, -0.2) is 37.6 Å². The normalized spacial score (nSPS) is 14.5. The molecule has 12 nitrogen and oxygen atoms in total. The molecular formula is C36H29N3O9S2. The van der Waals surface area contributed by atoms with Gasteiger partial charge in [-0.25, -0.2) is 9.79 Å². The molecule has 0 bridgehead atoms. The van der Waals surface area contributed by atoms with Crippen LogP contribution in [0.5, 0.6) is 11.5 Å². The van der Waals surface area contributed by atoms with Crippen LogP contribution in [0, 0.1) is 17.0 Å². The average molecular weight is 712 g/mol. The van der Waals surface area contributed by atoms with Crippen molar-refractivity contribution in [2.45, 2.75) is 24.8 Å². The molecule has 0 radical (unpaired) electrons. The highest BCUT2D eigenvalue weighted by atomic mass is 32.2. The van der Waals surface area contributed by atoms with Crippen molar-refractivity contribution >= 4 is 44.9 Å². The Morgan fingerprint density at radius 2 is 1.74 bits per heavy atom. The number of nitro benzene ring substituents is 1. The Hall–Kier alpha value is -5.86. The number of esters is 1. The first-order valence-electron chi connectivity index (χ1n) is 15.2. The van der Waals surface area contributed by atoms with Crippen LogP contribution in [0.1, 0.15) is 35.2 Å². The molecule has 0 amide bonds. The Kier molecular flexibility index (Phi) is 9.48. The molecule has 50 heavy (non-hydrogen) atoms. The van der Waals surface area contributed by atoms with E-state index in [1.165, 1.54) is 42.9 Å². The third-order valence-corrected chi connectivity index (χ3v) is 10.1. The zero-order valence-electron chi connectivity index (χ0n) is 26.9. The van der Waals surface area contributed by atoms with E-state index in [-0.39, 0.29) is 28.5 Å². The SMILES string of the molecule is CCOC(=O)C1=C(c2ccccc2)N=c2s/c(=C\c3ccc(OS(=O)(=O)c4ccc(C)c([N+](=O)[O-])c4)cc3)c(=O)n2[C@H]1c1cccc(OC)c1. The maximum absolute atomic E-state index is 14.2. The summed E-state index contributed by atoms with van der Waals surface area (Å²) in [4.78, 5) is 43.3. The minimum absolute atomic E-state index is 0.0311. The van der Waals surface area contributed by atoms with Crippen molar-refractivity contribution in [2.75, 3.05) is 13.7 Å². The second kappa shape index (κ2) is 13.9. The number of hydrogen-bond donors (Lipinski definition) is 0. The van der Waals surface area contributed by atoms with Crippen molar-refractivity contribution in [3.05, 3.63) is 155 Å². The summed E-state index contributed by atoms with van der Waals surface area (Å²) in [6.07, 6.45) is 1.63. The van der Waals surface area contributed by atoms with Gasteiger partial charge >= 0.3 is 16.1 Å². The van der Waals surface area contributed by atoms with Crippen molar-refractivity contribution in [1.82, 2.24) is 4.57 Å². The number of carbonyl (C=O) groups is 1. The van der Waals surface area contributed by atoms with Crippen LogP contribution in [-0.2, 0) is 19.6 Å². The van der Waals surface area contributed by atoms with Gasteiger partial charge in [0.05, 0.1) is 40.5 Å². The summed E-state index contributed by atoms with van der Waals surface area (Å²) in [6, 6.07) is 24.9. The van der Waals surface area contributed by atoms with Crippen molar-refractivity contribution in [3.63, 3.8) is 0 Å². The lowest BCUT2D eigenvalue weighted by atomic mass is 9.93. The van der Waals surface area contributed by atoms with Gasteiger partial charge in [0.15, 0.2) is 4.80 Å². The number of nitro groups is 1. The lowest BCUT2D eigenvalue weighted by molar-refractivity contribution is -0.385. The van der Waals surface area contributed by atoms with Crippen LogP contribution in [0.3, 0.4) is 0 Å². The molecule has 1 aliphatic rings. The number of aromatic nitrogens is 1. The van der Waals surface area contributed by atoms with Gasteiger partial charge in [0.25, 0.3) is 11.2 Å². The van der Waals surface area contributed by atoms with E-state index in [0.29, 0.717) is 43.0 Å². The Morgan fingerprint density at radius 1 is 1.00 bits per heavy atom. The molecule has 0 unspecified atom stereocenters.